The lowest BCUT2D eigenvalue weighted by Crippen LogP contribution is -2.38. The number of benzene rings is 2. The standard InChI is InChI=1S/C22H28N2O3S/c1-15-7-9-19(13-17(15)3)18(4)23-22(25)20-10-8-16(2)21(14-20)24-11-5-6-12-28(24,26)27/h7-10,13-14,18H,5-6,11-12H2,1-4H3,(H,23,25)/t18-/m1/s1. The fraction of sp³-hybridized carbons (Fsp3) is 0.409. The van der Waals surface area contributed by atoms with Crippen molar-refractivity contribution in [3.8, 4) is 0 Å². The minimum Gasteiger partial charge on any atom is -0.346 e. The Morgan fingerprint density at radius 2 is 1.71 bits per heavy atom. The smallest absolute Gasteiger partial charge is 0.251 e. The van der Waals surface area contributed by atoms with Gasteiger partial charge in [-0.2, -0.15) is 0 Å². The summed E-state index contributed by atoms with van der Waals surface area (Å²) in [5.74, 6) is -0.0477. The van der Waals surface area contributed by atoms with E-state index in [4.69, 9.17) is 0 Å². The van der Waals surface area contributed by atoms with Gasteiger partial charge >= 0.3 is 0 Å². The highest BCUT2D eigenvalue weighted by Gasteiger charge is 2.27. The minimum atomic E-state index is -3.31. The normalized spacial score (nSPS) is 17.2. The van der Waals surface area contributed by atoms with Gasteiger partial charge in [0, 0.05) is 12.1 Å². The molecule has 0 spiro atoms. The van der Waals surface area contributed by atoms with Crippen LogP contribution < -0.4 is 9.62 Å². The molecule has 2 aromatic carbocycles. The second-order valence-corrected chi connectivity index (χ2v) is 9.65. The van der Waals surface area contributed by atoms with Crippen LogP contribution in [0.5, 0.6) is 0 Å². The van der Waals surface area contributed by atoms with E-state index in [2.05, 4.69) is 31.3 Å². The summed E-state index contributed by atoms with van der Waals surface area (Å²) in [5, 5.41) is 3.02. The highest BCUT2D eigenvalue weighted by molar-refractivity contribution is 7.92. The molecule has 28 heavy (non-hydrogen) atoms. The number of hydrogen-bond acceptors (Lipinski definition) is 3. The average Bonchev–Trinajstić information content (AvgIpc) is 2.64. The molecule has 150 valence electrons. The summed E-state index contributed by atoms with van der Waals surface area (Å²) < 4.78 is 26.4. The Balaban J connectivity index is 1.83. The lowest BCUT2D eigenvalue weighted by molar-refractivity contribution is 0.0940. The van der Waals surface area contributed by atoms with E-state index in [1.807, 2.05) is 26.0 Å². The number of nitrogens with one attached hydrogen (secondary N) is 1. The monoisotopic (exact) mass is 400 g/mol. The molecule has 5 nitrogen and oxygen atoms in total. The van der Waals surface area contributed by atoms with Gasteiger partial charge in [0.15, 0.2) is 0 Å². The van der Waals surface area contributed by atoms with Crippen molar-refractivity contribution >= 4 is 21.6 Å². The van der Waals surface area contributed by atoms with Crippen molar-refractivity contribution in [3.63, 3.8) is 0 Å². The maximum absolute atomic E-state index is 12.8. The van der Waals surface area contributed by atoms with Gasteiger partial charge in [-0.05, 0) is 74.9 Å². The van der Waals surface area contributed by atoms with Crippen molar-refractivity contribution in [2.75, 3.05) is 16.6 Å². The van der Waals surface area contributed by atoms with E-state index >= 15 is 0 Å². The molecule has 1 fully saturated rings. The molecule has 3 rings (SSSR count). The molecule has 1 N–H and O–H groups in total. The van der Waals surface area contributed by atoms with Crippen LogP contribution in [0.4, 0.5) is 5.69 Å². The Morgan fingerprint density at radius 1 is 1.00 bits per heavy atom. The molecule has 0 bridgehead atoms. The zero-order valence-electron chi connectivity index (χ0n) is 17.0. The first-order valence-electron chi connectivity index (χ1n) is 9.68. The van der Waals surface area contributed by atoms with E-state index in [-0.39, 0.29) is 17.7 Å². The number of anilines is 1. The topological polar surface area (TPSA) is 66.5 Å². The lowest BCUT2D eigenvalue weighted by Gasteiger charge is -2.29. The number of hydrogen-bond donors (Lipinski definition) is 1. The van der Waals surface area contributed by atoms with E-state index in [9.17, 15) is 13.2 Å². The maximum atomic E-state index is 12.8. The van der Waals surface area contributed by atoms with Gasteiger partial charge in [0.05, 0.1) is 17.5 Å². The third-order valence-corrected chi connectivity index (χ3v) is 7.32. The van der Waals surface area contributed by atoms with Crippen molar-refractivity contribution in [2.24, 2.45) is 0 Å². The molecule has 1 amide bonds. The Hall–Kier alpha value is -2.34. The van der Waals surface area contributed by atoms with E-state index in [0.717, 1.165) is 17.5 Å². The quantitative estimate of drug-likeness (QED) is 0.842. The van der Waals surface area contributed by atoms with E-state index < -0.39 is 10.0 Å². The largest absolute Gasteiger partial charge is 0.346 e. The van der Waals surface area contributed by atoms with Gasteiger partial charge < -0.3 is 5.32 Å². The Morgan fingerprint density at radius 3 is 2.39 bits per heavy atom. The van der Waals surface area contributed by atoms with Gasteiger partial charge in [0.2, 0.25) is 10.0 Å². The summed E-state index contributed by atoms with van der Waals surface area (Å²) >= 11 is 0. The fourth-order valence-corrected chi connectivity index (χ4v) is 5.17. The van der Waals surface area contributed by atoms with Crippen molar-refractivity contribution in [3.05, 3.63) is 64.2 Å². The van der Waals surface area contributed by atoms with E-state index in [1.54, 1.807) is 12.1 Å². The van der Waals surface area contributed by atoms with Gasteiger partial charge in [-0.3, -0.25) is 9.10 Å². The molecular weight excluding hydrogens is 372 g/mol. The molecule has 0 unspecified atom stereocenters. The fourth-order valence-electron chi connectivity index (χ4n) is 3.48. The number of aryl methyl sites for hydroxylation is 3. The Labute approximate surface area is 167 Å². The number of carbonyl (C=O) groups excluding carboxylic acids is 1. The molecule has 0 radical (unpaired) electrons. The second kappa shape index (κ2) is 7.95. The van der Waals surface area contributed by atoms with Crippen molar-refractivity contribution in [2.45, 2.75) is 46.6 Å². The van der Waals surface area contributed by atoms with Gasteiger partial charge in [-0.25, -0.2) is 8.42 Å². The molecule has 0 aliphatic carbocycles. The minimum absolute atomic E-state index is 0.143. The van der Waals surface area contributed by atoms with Crippen LogP contribution in [0.1, 0.15) is 58.4 Å². The van der Waals surface area contributed by atoms with Crippen LogP contribution in [0.2, 0.25) is 0 Å². The molecule has 1 heterocycles. The summed E-state index contributed by atoms with van der Waals surface area (Å²) in [6, 6.07) is 11.3. The Kier molecular flexibility index (Phi) is 5.79. The molecule has 1 aliphatic heterocycles. The number of carbonyl (C=O) groups is 1. The summed E-state index contributed by atoms with van der Waals surface area (Å²) in [6.45, 7) is 8.40. The molecule has 1 saturated heterocycles. The molecule has 1 aliphatic rings. The van der Waals surface area contributed by atoms with E-state index in [0.29, 0.717) is 24.2 Å². The maximum Gasteiger partial charge on any atom is 0.251 e. The van der Waals surface area contributed by atoms with Crippen molar-refractivity contribution < 1.29 is 13.2 Å². The number of nitrogens with zero attached hydrogens (tertiary/aromatic N) is 1. The zero-order chi connectivity index (χ0) is 20.5. The number of sulfonamides is 1. The zero-order valence-corrected chi connectivity index (χ0v) is 17.8. The van der Waals surface area contributed by atoms with E-state index in [1.165, 1.54) is 15.4 Å². The summed E-state index contributed by atoms with van der Waals surface area (Å²) in [5.41, 5.74) is 5.37. The molecule has 1 atom stereocenters. The van der Waals surface area contributed by atoms with Crippen LogP contribution >= 0.6 is 0 Å². The van der Waals surface area contributed by atoms with Gasteiger partial charge in [-0.15, -0.1) is 0 Å². The summed E-state index contributed by atoms with van der Waals surface area (Å²) in [6.07, 6.45) is 1.52. The molecule has 0 aromatic heterocycles. The Bertz CT molecular complexity index is 999. The third kappa shape index (κ3) is 4.22. The van der Waals surface area contributed by atoms with Crippen LogP contribution in [0.25, 0.3) is 0 Å². The van der Waals surface area contributed by atoms with Gasteiger partial charge in [-0.1, -0.05) is 24.3 Å². The molecular formula is C22H28N2O3S. The van der Waals surface area contributed by atoms with Crippen LogP contribution in [-0.4, -0.2) is 26.6 Å². The van der Waals surface area contributed by atoms with Gasteiger partial charge in [0.25, 0.3) is 5.91 Å². The predicted molar refractivity (Wildman–Crippen MR) is 113 cm³/mol. The molecule has 0 saturated carbocycles. The first kappa shape index (κ1) is 20.4. The highest BCUT2D eigenvalue weighted by atomic mass is 32.2. The lowest BCUT2D eigenvalue weighted by atomic mass is 10.0. The van der Waals surface area contributed by atoms with Crippen molar-refractivity contribution in [1.29, 1.82) is 0 Å². The van der Waals surface area contributed by atoms with Crippen LogP contribution in [0.15, 0.2) is 36.4 Å². The number of rotatable bonds is 4. The summed E-state index contributed by atoms with van der Waals surface area (Å²) in [4.78, 5) is 12.8. The second-order valence-electron chi connectivity index (χ2n) is 7.64. The third-order valence-electron chi connectivity index (χ3n) is 5.47. The van der Waals surface area contributed by atoms with Crippen molar-refractivity contribution in [1.82, 2.24) is 5.32 Å². The average molecular weight is 401 g/mol. The van der Waals surface area contributed by atoms with Crippen LogP contribution in [0, 0.1) is 20.8 Å². The predicted octanol–water partition coefficient (Wildman–Crippen LogP) is 4.03. The first-order valence-corrected chi connectivity index (χ1v) is 11.3. The molecule has 6 heteroatoms. The number of amides is 1. The first-order chi connectivity index (χ1) is 13.2. The SMILES string of the molecule is Cc1ccc([C@@H](C)NC(=O)c2ccc(C)c(N3CCCCS3(=O)=O)c2)cc1C. The highest BCUT2D eigenvalue weighted by Crippen LogP contribution is 2.28. The van der Waals surface area contributed by atoms with Crippen LogP contribution in [-0.2, 0) is 10.0 Å². The van der Waals surface area contributed by atoms with Gasteiger partial charge in [0.1, 0.15) is 0 Å². The summed E-state index contributed by atoms with van der Waals surface area (Å²) in [7, 11) is -3.31. The molecule has 2 aromatic rings. The van der Waals surface area contributed by atoms with Crippen LogP contribution in [0.3, 0.4) is 0 Å².